The topological polar surface area (TPSA) is 12.0 Å². The Morgan fingerprint density at radius 3 is 2.10 bits per heavy atom. The lowest BCUT2D eigenvalue weighted by molar-refractivity contribution is 0.337. The molecule has 20 heavy (non-hydrogen) atoms. The first kappa shape index (κ1) is 18.0. The second-order valence-electron chi connectivity index (χ2n) is 7.26. The Bertz CT molecular complexity index is 210. The van der Waals surface area contributed by atoms with Crippen LogP contribution >= 0.6 is 0 Å². The van der Waals surface area contributed by atoms with Gasteiger partial charge in [-0.2, -0.15) is 0 Å². The molecule has 1 N–H and O–H groups in total. The Labute approximate surface area is 128 Å². The molecule has 1 aliphatic rings. The minimum absolute atomic E-state index is 0.762. The summed E-state index contributed by atoms with van der Waals surface area (Å²) in [5, 5.41) is 3.55. The van der Waals surface area contributed by atoms with Crippen LogP contribution in [0, 0.1) is 11.8 Å². The molecule has 120 valence electrons. The molecule has 1 rings (SSSR count). The van der Waals surface area contributed by atoms with Crippen LogP contribution in [-0.4, -0.2) is 13.1 Å². The molecular weight excluding hydrogens is 242 g/mol. The quantitative estimate of drug-likeness (QED) is 0.676. The van der Waals surface area contributed by atoms with Crippen LogP contribution in [0.1, 0.15) is 97.3 Å². The van der Waals surface area contributed by atoms with Crippen molar-refractivity contribution >= 4 is 0 Å². The van der Waals surface area contributed by atoms with E-state index < -0.39 is 0 Å². The molecule has 1 aliphatic carbocycles. The molecule has 0 aromatic carbocycles. The molecule has 3 atom stereocenters. The standard InChI is InChI=1S/C19H39N/c1-4-11-18-13-8-6-5-7-12-17(2)16-19(20-3)15-10-9-14-18/h17-20H,4-16H2,1-3H3/t17-,18?,19?/m1/s1. The predicted octanol–water partition coefficient (Wildman–Crippen LogP) is 5.93. The lowest BCUT2D eigenvalue weighted by Crippen LogP contribution is -2.27. The first-order chi connectivity index (χ1) is 9.76. The van der Waals surface area contributed by atoms with Crippen molar-refractivity contribution in [3.63, 3.8) is 0 Å². The molecule has 0 aromatic rings. The fourth-order valence-corrected chi connectivity index (χ4v) is 3.93. The van der Waals surface area contributed by atoms with Gasteiger partial charge in [0.25, 0.3) is 0 Å². The first-order valence-corrected chi connectivity index (χ1v) is 9.43. The summed E-state index contributed by atoms with van der Waals surface area (Å²) in [6, 6.07) is 0.762. The van der Waals surface area contributed by atoms with Crippen molar-refractivity contribution in [1.82, 2.24) is 5.32 Å². The molecule has 0 amide bonds. The highest BCUT2D eigenvalue weighted by atomic mass is 14.9. The van der Waals surface area contributed by atoms with E-state index in [1.165, 1.54) is 83.5 Å². The summed E-state index contributed by atoms with van der Waals surface area (Å²) in [6.45, 7) is 4.80. The Balaban J connectivity index is 2.39. The SMILES string of the molecule is CCCC1CCCCCC[C@@H](C)CC(NC)CCCC1. The van der Waals surface area contributed by atoms with Crippen LogP contribution in [0.25, 0.3) is 0 Å². The average molecular weight is 282 g/mol. The van der Waals surface area contributed by atoms with E-state index >= 15 is 0 Å². The second kappa shape index (κ2) is 11.6. The minimum Gasteiger partial charge on any atom is -0.317 e. The highest BCUT2D eigenvalue weighted by molar-refractivity contribution is 4.70. The van der Waals surface area contributed by atoms with E-state index in [1.54, 1.807) is 0 Å². The van der Waals surface area contributed by atoms with Gasteiger partial charge in [-0.05, 0) is 31.7 Å². The number of hydrogen-bond donors (Lipinski definition) is 1. The summed E-state index contributed by atoms with van der Waals surface area (Å²) >= 11 is 0. The molecule has 0 heterocycles. The van der Waals surface area contributed by atoms with Crippen LogP contribution in [0.15, 0.2) is 0 Å². The zero-order valence-corrected chi connectivity index (χ0v) is 14.4. The van der Waals surface area contributed by atoms with E-state index in [4.69, 9.17) is 0 Å². The van der Waals surface area contributed by atoms with Gasteiger partial charge in [-0.25, -0.2) is 0 Å². The highest BCUT2D eigenvalue weighted by Crippen LogP contribution is 2.25. The van der Waals surface area contributed by atoms with Gasteiger partial charge in [0.2, 0.25) is 0 Å². The average Bonchev–Trinajstić information content (AvgIpc) is 2.44. The van der Waals surface area contributed by atoms with Gasteiger partial charge in [0, 0.05) is 6.04 Å². The molecule has 0 bridgehead atoms. The van der Waals surface area contributed by atoms with Crippen LogP contribution in [0.5, 0.6) is 0 Å². The van der Waals surface area contributed by atoms with E-state index in [0.717, 1.165) is 17.9 Å². The van der Waals surface area contributed by atoms with Crippen LogP contribution in [0.4, 0.5) is 0 Å². The second-order valence-corrected chi connectivity index (χ2v) is 7.26. The van der Waals surface area contributed by atoms with Gasteiger partial charge < -0.3 is 5.32 Å². The summed E-state index contributed by atoms with van der Waals surface area (Å²) in [5.74, 6) is 1.93. The van der Waals surface area contributed by atoms with E-state index in [-0.39, 0.29) is 0 Å². The van der Waals surface area contributed by atoms with Crippen LogP contribution in [0.2, 0.25) is 0 Å². The lowest BCUT2D eigenvalue weighted by atomic mass is 9.88. The normalized spacial score (nSPS) is 31.6. The lowest BCUT2D eigenvalue weighted by Gasteiger charge is -2.22. The van der Waals surface area contributed by atoms with Crippen molar-refractivity contribution in [3.8, 4) is 0 Å². The van der Waals surface area contributed by atoms with Gasteiger partial charge in [0.05, 0.1) is 0 Å². The maximum Gasteiger partial charge on any atom is 0.00666 e. The van der Waals surface area contributed by atoms with Crippen LogP contribution < -0.4 is 5.32 Å². The highest BCUT2D eigenvalue weighted by Gasteiger charge is 2.13. The summed E-state index contributed by atoms with van der Waals surface area (Å²) in [7, 11) is 2.15. The summed E-state index contributed by atoms with van der Waals surface area (Å²) in [4.78, 5) is 0. The van der Waals surface area contributed by atoms with Crippen molar-refractivity contribution in [2.24, 2.45) is 11.8 Å². The number of rotatable bonds is 3. The molecule has 1 fully saturated rings. The monoisotopic (exact) mass is 281 g/mol. The molecule has 0 saturated heterocycles. The zero-order chi connectivity index (χ0) is 14.6. The molecule has 0 spiro atoms. The molecule has 1 nitrogen and oxygen atoms in total. The van der Waals surface area contributed by atoms with Gasteiger partial charge in [0.15, 0.2) is 0 Å². The van der Waals surface area contributed by atoms with Crippen molar-refractivity contribution < 1.29 is 0 Å². The van der Waals surface area contributed by atoms with Gasteiger partial charge in [-0.15, -0.1) is 0 Å². The third kappa shape index (κ3) is 8.29. The summed E-state index contributed by atoms with van der Waals surface area (Å²) in [6.07, 6.45) is 18.8. The minimum atomic E-state index is 0.762. The molecule has 1 heteroatoms. The third-order valence-corrected chi connectivity index (χ3v) is 5.27. The van der Waals surface area contributed by atoms with Gasteiger partial charge in [-0.3, -0.25) is 0 Å². The van der Waals surface area contributed by atoms with Crippen LogP contribution in [0.3, 0.4) is 0 Å². The predicted molar refractivity (Wildman–Crippen MR) is 91.2 cm³/mol. The third-order valence-electron chi connectivity index (χ3n) is 5.27. The fraction of sp³-hybridized carbons (Fsp3) is 1.00. The van der Waals surface area contributed by atoms with E-state index in [0.29, 0.717) is 0 Å². The van der Waals surface area contributed by atoms with Gasteiger partial charge in [0.1, 0.15) is 0 Å². The Morgan fingerprint density at radius 2 is 1.45 bits per heavy atom. The van der Waals surface area contributed by atoms with E-state index in [2.05, 4.69) is 26.2 Å². The van der Waals surface area contributed by atoms with E-state index in [9.17, 15) is 0 Å². The first-order valence-electron chi connectivity index (χ1n) is 9.43. The fourth-order valence-electron chi connectivity index (χ4n) is 3.93. The van der Waals surface area contributed by atoms with Crippen molar-refractivity contribution in [3.05, 3.63) is 0 Å². The molecule has 0 aliphatic heterocycles. The van der Waals surface area contributed by atoms with Gasteiger partial charge in [-0.1, -0.05) is 84.5 Å². The largest absolute Gasteiger partial charge is 0.317 e. The summed E-state index contributed by atoms with van der Waals surface area (Å²) in [5.41, 5.74) is 0. The Kier molecular flexibility index (Phi) is 10.4. The Hall–Kier alpha value is -0.0400. The smallest absolute Gasteiger partial charge is 0.00666 e. The van der Waals surface area contributed by atoms with Crippen molar-refractivity contribution in [2.45, 2.75) is 103 Å². The maximum atomic E-state index is 3.55. The zero-order valence-electron chi connectivity index (χ0n) is 14.4. The van der Waals surface area contributed by atoms with Crippen molar-refractivity contribution in [1.29, 1.82) is 0 Å². The molecule has 0 aromatic heterocycles. The maximum absolute atomic E-state index is 3.55. The number of hydrogen-bond acceptors (Lipinski definition) is 1. The Morgan fingerprint density at radius 1 is 0.850 bits per heavy atom. The molecule has 1 saturated carbocycles. The summed E-state index contributed by atoms with van der Waals surface area (Å²) < 4.78 is 0. The van der Waals surface area contributed by atoms with Crippen LogP contribution in [-0.2, 0) is 0 Å². The molecular formula is C19H39N. The molecule has 2 unspecified atom stereocenters. The van der Waals surface area contributed by atoms with Gasteiger partial charge >= 0.3 is 0 Å². The van der Waals surface area contributed by atoms with E-state index in [1.807, 2.05) is 0 Å². The number of nitrogens with one attached hydrogen (secondary N) is 1. The van der Waals surface area contributed by atoms with Crippen molar-refractivity contribution in [2.75, 3.05) is 7.05 Å². The molecule has 0 radical (unpaired) electrons.